The van der Waals surface area contributed by atoms with Gasteiger partial charge in [-0.3, -0.25) is 4.98 Å². The van der Waals surface area contributed by atoms with Gasteiger partial charge in [-0.15, -0.1) is 10.2 Å². The maximum Gasteiger partial charge on any atom is 0.138 e. The predicted octanol–water partition coefficient (Wildman–Crippen LogP) is 3.43. The van der Waals surface area contributed by atoms with Gasteiger partial charge in [-0.1, -0.05) is 48.2 Å². The van der Waals surface area contributed by atoms with E-state index in [0.717, 1.165) is 40.5 Å². The maximum absolute atomic E-state index is 6.08. The van der Waals surface area contributed by atoms with Gasteiger partial charge in [0.25, 0.3) is 0 Å². The fourth-order valence-electron chi connectivity index (χ4n) is 3.89. The first kappa shape index (κ1) is 17.4. The molecule has 0 saturated heterocycles. The zero-order valence-electron chi connectivity index (χ0n) is 15.5. The van der Waals surface area contributed by atoms with Crippen LogP contribution < -0.4 is 5.73 Å². The maximum atomic E-state index is 6.08. The van der Waals surface area contributed by atoms with Gasteiger partial charge in [-0.25, -0.2) is 0 Å². The van der Waals surface area contributed by atoms with Crippen molar-refractivity contribution in [3.8, 4) is 0 Å². The first-order valence-electron chi connectivity index (χ1n) is 9.47. The molecule has 0 saturated carbocycles. The third-order valence-corrected chi connectivity index (χ3v) is 6.43. The fourth-order valence-corrected chi connectivity index (χ4v) is 4.77. The van der Waals surface area contributed by atoms with Gasteiger partial charge >= 0.3 is 0 Å². The van der Waals surface area contributed by atoms with E-state index in [1.807, 2.05) is 18.5 Å². The van der Waals surface area contributed by atoms with Crippen LogP contribution in [0.4, 0.5) is 0 Å². The lowest BCUT2D eigenvalue weighted by atomic mass is 9.94. The van der Waals surface area contributed by atoms with Gasteiger partial charge in [-0.2, -0.15) is 0 Å². The van der Waals surface area contributed by atoms with E-state index in [1.165, 1.54) is 16.5 Å². The van der Waals surface area contributed by atoms with Crippen molar-refractivity contribution in [1.29, 1.82) is 0 Å². The highest BCUT2D eigenvalue weighted by atomic mass is 32.2. The summed E-state index contributed by atoms with van der Waals surface area (Å²) >= 11 is 1.74. The van der Waals surface area contributed by atoms with Crippen molar-refractivity contribution in [3.63, 3.8) is 0 Å². The van der Waals surface area contributed by atoms with E-state index in [1.54, 1.807) is 11.8 Å². The molecule has 0 fully saturated rings. The van der Waals surface area contributed by atoms with E-state index < -0.39 is 0 Å². The summed E-state index contributed by atoms with van der Waals surface area (Å²) in [6.45, 7) is 1.47. The minimum Gasteiger partial charge on any atom is -0.349 e. The molecule has 3 heterocycles. The van der Waals surface area contributed by atoms with Crippen molar-refractivity contribution in [2.45, 2.75) is 19.0 Å². The van der Waals surface area contributed by atoms with Gasteiger partial charge in [0.15, 0.2) is 0 Å². The average molecular weight is 388 g/mol. The number of pyridine rings is 1. The Kier molecular flexibility index (Phi) is 4.58. The summed E-state index contributed by atoms with van der Waals surface area (Å²) in [5, 5.41) is 12.4. The Morgan fingerprint density at radius 2 is 1.93 bits per heavy atom. The molecule has 0 bridgehead atoms. The van der Waals surface area contributed by atoms with Crippen LogP contribution in [0.3, 0.4) is 0 Å². The second kappa shape index (κ2) is 7.37. The van der Waals surface area contributed by atoms with E-state index in [2.05, 4.69) is 62.6 Å². The number of hydrogen-bond donors (Lipinski definition) is 1. The van der Waals surface area contributed by atoms with Crippen LogP contribution in [0.15, 0.2) is 71.1 Å². The zero-order valence-corrected chi connectivity index (χ0v) is 16.3. The highest BCUT2D eigenvalue weighted by Gasteiger charge is 2.29. The number of fused-ring (bicyclic) bond motifs is 2. The number of amidine groups is 1. The Hall–Kier alpha value is -2.70. The van der Waals surface area contributed by atoms with Crippen LogP contribution >= 0.6 is 11.8 Å². The summed E-state index contributed by atoms with van der Waals surface area (Å²) < 4.78 is 0. The lowest BCUT2D eigenvalue weighted by Gasteiger charge is -2.38. The molecule has 0 radical (unpaired) electrons. The van der Waals surface area contributed by atoms with Crippen molar-refractivity contribution in [2.75, 3.05) is 12.3 Å². The summed E-state index contributed by atoms with van der Waals surface area (Å²) in [4.78, 5) is 6.51. The molecule has 0 spiro atoms. The van der Waals surface area contributed by atoms with Crippen LogP contribution in [-0.2, 0) is 13.0 Å². The smallest absolute Gasteiger partial charge is 0.138 e. The SMILES string of the molecule is NCC1Cc2ccccc2CN1C1=NN=C(c2ccc3cnccc3c2)SC1. The molecule has 3 aromatic rings. The number of thioether (sulfide) groups is 1. The van der Waals surface area contributed by atoms with Crippen molar-refractivity contribution in [1.82, 2.24) is 9.88 Å². The molecule has 6 heteroatoms. The topological polar surface area (TPSA) is 66.9 Å². The van der Waals surface area contributed by atoms with Crippen molar-refractivity contribution >= 4 is 33.4 Å². The molecule has 5 nitrogen and oxygen atoms in total. The van der Waals surface area contributed by atoms with Crippen LogP contribution in [0.25, 0.3) is 10.8 Å². The summed E-state index contributed by atoms with van der Waals surface area (Å²) in [7, 11) is 0. The minimum atomic E-state index is 0.277. The summed E-state index contributed by atoms with van der Waals surface area (Å²) in [5.74, 6) is 1.83. The molecule has 1 aromatic heterocycles. The van der Waals surface area contributed by atoms with Crippen LogP contribution in [0.5, 0.6) is 0 Å². The molecule has 1 atom stereocenters. The minimum absolute atomic E-state index is 0.277. The van der Waals surface area contributed by atoms with Crippen LogP contribution in [0.1, 0.15) is 16.7 Å². The van der Waals surface area contributed by atoms with Gasteiger partial charge in [0.2, 0.25) is 0 Å². The van der Waals surface area contributed by atoms with Gasteiger partial charge in [-0.05, 0) is 35.1 Å². The molecule has 5 rings (SSSR count). The number of hydrogen-bond acceptors (Lipinski definition) is 6. The van der Waals surface area contributed by atoms with E-state index in [4.69, 9.17) is 5.73 Å². The number of aromatic nitrogens is 1. The van der Waals surface area contributed by atoms with Crippen molar-refractivity contribution < 1.29 is 0 Å². The Morgan fingerprint density at radius 1 is 1.04 bits per heavy atom. The Morgan fingerprint density at radius 3 is 2.75 bits per heavy atom. The molecule has 1 unspecified atom stereocenters. The lowest BCUT2D eigenvalue weighted by molar-refractivity contribution is 0.285. The monoisotopic (exact) mass is 387 g/mol. The third kappa shape index (κ3) is 3.19. The molecule has 140 valence electrons. The molecular weight excluding hydrogens is 366 g/mol. The zero-order chi connectivity index (χ0) is 18.9. The van der Waals surface area contributed by atoms with E-state index in [9.17, 15) is 0 Å². The third-order valence-electron chi connectivity index (χ3n) is 5.44. The highest BCUT2D eigenvalue weighted by molar-refractivity contribution is 8.15. The van der Waals surface area contributed by atoms with Crippen LogP contribution in [0.2, 0.25) is 0 Å². The van der Waals surface area contributed by atoms with Crippen molar-refractivity contribution in [2.24, 2.45) is 15.9 Å². The first-order valence-corrected chi connectivity index (χ1v) is 10.5. The number of benzene rings is 2. The molecular formula is C22H21N5S. The molecule has 28 heavy (non-hydrogen) atoms. The van der Waals surface area contributed by atoms with Gasteiger partial charge in [0, 0.05) is 42.5 Å². The largest absolute Gasteiger partial charge is 0.349 e. The number of nitrogens with two attached hydrogens (primary N) is 1. The first-order chi connectivity index (χ1) is 13.8. The predicted molar refractivity (Wildman–Crippen MR) is 117 cm³/mol. The summed E-state index contributed by atoms with van der Waals surface area (Å²) in [5.41, 5.74) is 9.94. The molecule has 2 aliphatic heterocycles. The number of rotatable bonds is 2. The van der Waals surface area contributed by atoms with Crippen LogP contribution in [-0.4, -0.2) is 39.1 Å². The fraction of sp³-hybridized carbons (Fsp3) is 0.227. The Balaban J connectivity index is 1.43. The van der Waals surface area contributed by atoms with E-state index in [0.29, 0.717) is 6.54 Å². The normalized spacial score (nSPS) is 19.2. The average Bonchev–Trinajstić information content (AvgIpc) is 2.78. The standard InChI is InChI=1S/C22H21N5S/c23-11-20-10-15-3-1-2-4-19(15)13-27(20)21-14-28-22(26-25-21)17-5-6-18-12-24-8-7-16(18)9-17/h1-9,12,20H,10-11,13-14,23H2. The Labute approximate surface area is 168 Å². The van der Waals surface area contributed by atoms with Crippen molar-refractivity contribution in [3.05, 3.63) is 77.6 Å². The van der Waals surface area contributed by atoms with Gasteiger partial charge < -0.3 is 10.6 Å². The number of nitrogens with zero attached hydrogens (tertiary/aromatic N) is 4. The van der Waals surface area contributed by atoms with E-state index in [-0.39, 0.29) is 6.04 Å². The quantitative estimate of drug-likeness (QED) is 0.732. The second-order valence-corrected chi connectivity index (χ2v) is 8.10. The molecule has 0 aliphatic carbocycles. The summed E-state index contributed by atoms with van der Waals surface area (Å²) in [6.07, 6.45) is 4.66. The molecule has 2 N–H and O–H groups in total. The second-order valence-electron chi connectivity index (χ2n) is 7.14. The molecule has 2 aromatic carbocycles. The van der Waals surface area contributed by atoms with Gasteiger partial charge in [0.05, 0.1) is 5.75 Å². The molecule has 2 aliphatic rings. The van der Waals surface area contributed by atoms with Gasteiger partial charge in [0.1, 0.15) is 10.9 Å². The highest BCUT2D eigenvalue weighted by Crippen LogP contribution is 2.27. The summed E-state index contributed by atoms with van der Waals surface area (Å²) in [6, 6.07) is 17.3. The Bertz CT molecular complexity index is 1090. The van der Waals surface area contributed by atoms with Crippen LogP contribution in [0, 0.1) is 0 Å². The van der Waals surface area contributed by atoms with E-state index >= 15 is 0 Å². The lowest BCUT2D eigenvalue weighted by Crippen LogP contribution is -2.49. The molecule has 0 amide bonds.